The second kappa shape index (κ2) is 8.21. The van der Waals surface area contributed by atoms with Gasteiger partial charge >= 0.3 is 0 Å². The highest BCUT2D eigenvalue weighted by Gasteiger charge is 2.34. The molecule has 0 N–H and O–H groups in total. The first-order valence-electron chi connectivity index (χ1n) is 8.30. The number of benzene rings is 1. The monoisotopic (exact) mass is 379 g/mol. The minimum Gasteiger partial charge on any atom is -0.493 e. The van der Waals surface area contributed by atoms with Gasteiger partial charge in [0.15, 0.2) is 11.5 Å². The van der Waals surface area contributed by atoms with E-state index < -0.39 is 0 Å². The third-order valence-electron chi connectivity index (χ3n) is 4.07. The van der Waals surface area contributed by atoms with E-state index in [2.05, 4.69) is 0 Å². The predicted molar refractivity (Wildman–Crippen MR) is 103 cm³/mol. The SMILES string of the molecule is CCOc1ccc(/C=C2\SC(=S)N(CC3CCCO3)C2=O)cc1OC. The molecule has 25 heavy (non-hydrogen) atoms. The number of hydrogen-bond acceptors (Lipinski definition) is 6. The lowest BCUT2D eigenvalue weighted by molar-refractivity contribution is -0.123. The first-order chi connectivity index (χ1) is 12.1. The van der Waals surface area contributed by atoms with E-state index in [0.717, 1.165) is 25.0 Å². The van der Waals surface area contributed by atoms with E-state index in [9.17, 15) is 4.79 Å². The fraction of sp³-hybridized carbons (Fsp3) is 0.444. The van der Waals surface area contributed by atoms with E-state index in [1.165, 1.54) is 11.8 Å². The van der Waals surface area contributed by atoms with E-state index >= 15 is 0 Å². The van der Waals surface area contributed by atoms with Crippen LogP contribution in [-0.2, 0) is 9.53 Å². The van der Waals surface area contributed by atoms with Crippen LogP contribution < -0.4 is 9.47 Å². The molecule has 0 radical (unpaired) electrons. The van der Waals surface area contributed by atoms with Crippen LogP contribution in [0.2, 0.25) is 0 Å². The standard InChI is InChI=1S/C18H21NO4S2/c1-3-22-14-7-6-12(9-15(14)21-2)10-16-17(20)19(18(24)25-16)11-13-5-4-8-23-13/h6-7,9-10,13H,3-5,8,11H2,1-2H3/b16-10-. The smallest absolute Gasteiger partial charge is 0.266 e. The van der Waals surface area contributed by atoms with E-state index in [-0.39, 0.29) is 12.0 Å². The highest BCUT2D eigenvalue weighted by Crippen LogP contribution is 2.35. The van der Waals surface area contributed by atoms with Gasteiger partial charge in [0.2, 0.25) is 0 Å². The van der Waals surface area contributed by atoms with Crippen molar-refractivity contribution < 1.29 is 19.0 Å². The number of methoxy groups -OCH3 is 1. The molecule has 0 saturated carbocycles. The fourth-order valence-corrected chi connectivity index (χ4v) is 4.12. The van der Waals surface area contributed by atoms with Crippen LogP contribution in [0.25, 0.3) is 6.08 Å². The number of thiocarbonyl (C=S) groups is 1. The molecule has 0 spiro atoms. The highest BCUT2D eigenvalue weighted by molar-refractivity contribution is 8.26. The van der Waals surface area contributed by atoms with Gasteiger partial charge in [0.05, 0.1) is 31.3 Å². The number of nitrogens with zero attached hydrogens (tertiary/aromatic N) is 1. The van der Waals surface area contributed by atoms with Gasteiger partial charge in [-0.25, -0.2) is 0 Å². The molecule has 1 aromatic carbocycles. The molecule has 1 atom stereocenters. The van der Waals surface area contributed by atoms with Crippen molar-refractivity contribution in [1.82, 2.24) is 4.90 Å². The molecule has 2 aliphatic rings. The Morgan fingerprint density at radius 1 is 1.44 bits per heavy atom. The average Bonchev–Trinajstić information content (AvgIpc) is 3.21. The van der Waals surface area contributed by atoms with Crippen molar-refractivity contribution in [2.75, 3.05) is 26.9 Å². The maximum absolute atomic E-state index is 12.7. The summed E-state index contributed by atoms with van der Waals surface area (Å²) in [5.74, 6) is 1.27. The van der Waals surface area contributed by atoms with Crippen LogP contribution in [0.1, 0.15) is 25.3 Å². The van der Waals surface area contributed by atoms with Gasteiger partial charge in [-0.15, -0.1) is 0 Å². The quantitative estimate of drug-likeness (QED) is 0.557. The van der Waals surface area contributed by atoms with E-state index in [1.54, 1.807) is 12.0 Å². The van der Waals surface area contributed by atoms with Crippen LogP contribution in [0.4, 0.5) is 0 Å². The first kappa shape index (κ1) is 18.2. The Balaban J connectivity index is 1.77. The second-order valence-corrected chi connectivity index (χ2v) is 7.45. The van der Waals surface area contributed by atoms with Crippen molar-refractivity contribution in [3.63, 3.8) is 0 Å². The number of carbonyl (C=O) groups is 1. The molecule has 134 valence electrons. The number of amides is 1. The van der Waals surface area contributed by atoms with Gasteiger partial charge < -0.3 is 14.2 Å². The minimum absolute atomic E-state index is 0.0571. The molecule has 5 nitrogen and oxygen atoms in total. The largest absolute Gasteiger partial charge is 0.493 e. The van der Waals surface area contributed by atoms with Crippen molar-refractivity contribution in [2.45, 2.75) is 25.9 Å². The lowest BCUT2D eigenvalue weighted by Gasteiger charge is -2.18. The van der Waals surface area contributed by atoms with Gasteiger partial charge in [0.1, 0.15) is 4.32 Å². The van der Waals surface area contributed by atoms with E-state index in [4.69, 9.17) is 26.4 Å². The third-order valence-corrected chi connectivity index (χ3v) is 5.45. The zero-order chi connectivity index (χ0) is 17.8. The van der Waals surface area contributed by atoms with Crippen molar-refractivity contribution in [1.29, 1.82) is 0 Å². The molecule has 2 fully saturated rings. The highest BCUT2D eigenvalue weighted by atomic mass is 32.2. The summed E-state index contributed by atoms with van der Waals surface area (Å²) in [6.45, 7) is 3.79. The molecule has 1 unspecified atom stereocenters. The Kier molecular flexibility index (Phi) is 5.98. The number of hydrogen-bond donors (Lipinski definition) is 0. The molecule has 7 heteroatoms. The third kappa shape index (κ3) is 4.16. The minimum atomic E-state index is -0.0571. The van der Waals surface area contributed by atoms with Gasteiger partial charge in [-0.1, -0.05) is 30.0 Å². The van der Waals surface area contributed by atoms with Crippen LogP contribution in [0.15, 0.2) is 23.1 Å². The summed E-state index contributed by atoms with van der Waals surface area (Å²) >= 11 is 6.71. The molecule has 2 saturated heterocycles. The van der Waals surface area contributed by atoms with Gasteiger partial charge in [0.25, 0.3) is 5.91 Å². The lowest BCUT2D eigenvalue weighted by atomic mass is 10.1. The molecule has 3 rings (SSSR count). The van der Waals surface area contributed by atoms with E-state index in [1.807, 2.05) is 31.2 Å². The summed E-state index contributed by atoms with van der Waals surface area (Å²) in [6, 6.07) is 5.61. The van der Waals surface area contributed by atoms with Crippen LogP contribution in [0, 0.1) is 0 Å². The van der Waals surface area contributed by atoms with Crippen molar-refractivity contribution in [3.8, 4) is 11.5 Å². The summed E-state index contributed by atoms with van der Waals surface area (Å²) in [4.78, 5) is 14.9. The van der Waals surface area contributed by atoms with Gasteiger partial charge in [-0.2, -0.15) is 0 Å². The normalized spacial score (nSPS) is 22.1. The summed E-state index contributed by atoms with van der Waals surface area (Å²) < 4.78 is 17.1. The summed E-state index contributed by atoms with van der Waals surface area (Å²) in [5, 5.41) is 0. The molecule has 1 amide bonds. The first-order valence-corrected chi connectivity index (χ1v) is 9.52. The fourth-order valence-electron chi connectivity index (χ4n) is 2.85. The Bertz CT molecular complexity index is 698. The molecule has 0 aromatic heterocycles. The molecule has 1 aromatic rings. The summed E-state index contributed by atoms with van der Waals surface area (Å²) in [6.07, 6.45) is 3.95. The second-order valence-electron chi connectivity index (χ2n) is 5.77. The van der Waals surface area contributed by atoms with Gasteiger partial charge in [0, 0.05) is 6.61 Å². The molecular weight excluding hydrogens is 358 g/mol. The maximum Gasteiger partial charge on any atom is 0.266 e. The molecule has 2 aliphatic heterocycles. The zero-order valence-electron chi connectivity index (χ0n) is 14.3. The Hall–Kier alpha value is -1.57. The molecule has 2 heterocycles. The molecular formula is C18H21NO4S2. The average molecular weight is 380 g/mol. The summed E-state index contributed by atoms with van der Waals surface area (Å²) in [5.41, 5.74) is 0.873. The van der Waals surface area contributed by atoms with Crippen LogP contribution in [0.3, 0.4) is 0 Å². The Morgan fingerprint density at radius 3 is 2.96 bits per heavy atom. The summed E-state index contributed by atoms with van der Waals surface area (Å²) in [7, 11) is 1.60. The molecule has 0 bridgehead atoms. The van der Waals surface area contributed by atoms with Gasteiger partial charge in [-0.05, 0) is 43.5 Å². The van der Waals surface area contributed by atoms with Crippen molar-refractivity contribution in [3.05, 3.63) is 28.7 Å². The van der Waals surface area contributed by atoms with E-state index in [0.29, 0.717) is 33.9 Å². The van der Waals surface area contributed by atoms with Crippen LogP contribution in [0.5, 0.6) is 11.5 Å². The van der Waals surface area contributed by atoms with Gasteiger partial charge in [-0.3, -0.25) is 9.69 Å². The Morgan fingerprint density at radius 2 is 2.28 bits per heavy atom. The van der Waals surface area contributed by atoms with Crippen molar-refractivity contribution >= 4 is 40.3 Å². The van der Waals surface area contributed by atoms with Crippen molar-refractivity contribution in [2.24, 2.45) is 0 Å². The topological polar surface area (TPSA) is 48.0 Å². The molecule has 0 aliphatic carbocycles. The number of ether oxygens (including phenoxy) is 3. The Labute approximate surface area is 157 Å². The zero-order valence-corrected chi connectivity index (χ0v) is 16.0. The maximum atomic E-state index is 12.7. The lowest BCUT2D eigenvalue weighted by Crippen LogP contribution is -2.35. The number of thioether (sulfide) groups is 1. The van der Waals surface area contributed by atoms with Crippen LogP contribution in [-0.4, -0.2) is 48.1 Å². The number of carbonyl (C=O) groups excluding carboxylic acids is 1. The van der Waals surface area contributed by atoms with Crippen LogP contribution >= 0.6 is 24.0 Å². The number of rotatable bonds is 6. The predicted octanol–water partition coefficient (Wildman–Crippen LogP) is 3.47.